The van der Waals surface area contributed by atoms with E-state index in [1.165, 1.54) is 31.2 Å². The first kappa shape index (κ1) is 15.0. The van der Waals surface area contributed by atoms with Gasteiger partial charge >= 0.3 is 0 Å². The summed E-state index contributed by atoms with van der Waals surface area (Å²) >= 11 is 0. The molecule has 1 atom stereocenters. The Kier molecular flexibility index (Phi) is 8.24. The zero-order valence-electron chi connectivity index (χ0n) is 11.7. The first-order valence-corrected chi connectivity index (χ1v) is 7.21. The summed E-state index contributed by atoms with van der Waals surface area (Å²) in [6.45, 7) is 8.32. The Labute approximate surface area is 112 Å². The van der Waals surface area contributed by atoms with Crippen molar-refractivity contribution in [3.8, 4) is 0 Å². The van der Waals surface area contributed by atoms with Gasteiger partial charge in [-0.1, -0.05) is 49.8 Å². The van der Waals surface area contributed by atoms with Crippen molar-refractivity contribution in [3.05, 3.63) is 48.6 Å². The molecular weight excluding hydrogens is 218 g/mol. The average molecular weight is 245 g/mol. The maximum absolute atomic E-state index is 3.74. The molecule has 0 aliphatic carbocycles. The fraction of sp³-hybridized carbons (Fsp3) is 0.529. The van der Waals surface area contributed by atoms with Gasteiger partial charge in [0.15, 0.2) is 0 Å². The Morgan fingerprint density at radius 1 is 1.11 bits per heavy atom. The molecule has 1 unspecified atom stereocenters. The van der Waals surface area contributed by atoms with Gasteiger partial charge in [-0.05, 0) is 50.3 Å². The van der Waals surface area contributed by atoms with E-state index in [0.29, 0.717) is 5.92 Å². The third-order valence-corrected chi connectivity index (χ3v) is 3.38. The van der Waals surface area contributed by atoms with Crippen LogP contribution in [0.2, 0.25) is 0 Å². The van der Waals surface area contributed by atoms with Gasteiger partial charge in [-0.15, -0.1) is 6.58 Å². The molecule has 0 amide bonds. The first-order chi connectivity index (χ1) is 8.84. The van der Waals surface area contributed by atoms with Gasteiger partial charge in [0, 0.05) is 0 Å². The maximum Gasteiger partial charge on any atom is -0.00432 e. The molecule has 0 spiro atoms. The van der Waals surface area contributed by atoms with Crippen LogP contribution in [-0.2, 0) is 0 Å². The van der Waals surface area contributed by atoms with E-state index >= 15 is 0 Å². The Morgan fingerprint density at radius 2 is 1.89 bits per heavy atom. The van der Waals surface area contributed by atoms with E-state index in [1.807, 2.05) is 6.08 Å². The largest absolute Gasteiger partial charge is 0.317 e. The van der Waals surface area contributed by atoms with Crippen LogP contribution in [0.3, 0.4) is 0 Å². The predicted molar refractivity (Wildman–Crippen MR) is 81.0 cm³/mol. The smallest absolute Gasteiger partial charge is 0.00432 e. The highest BCUT2D eigenvalue weighted by Crippen LogP contribution is 2.17. The molecule has 0 aliphatic heterocycles. The summed E-state index contributed by atoms with van der Waals surface area (Å²) in [5.41, 5.74) is 1.45. The fourth-order valence-electron chi connectivity index (χ4n) is 2.11. The first-order valence-electron chi connectivity index (χ1n) is 7.21. The third-order valence-electron chi connectivity index (χ3n) is 3.38. The molecule has 0 aromatic heterocycles. The second kappa shape index (κ2) is 9.90. The van der Waals surface area contributed by atoms with Crippen LogP contribution in [0.5, 0.6) is 0 Å². The molecular formula is C17H27N. The van der Waals surface area contributed by atoms with Crippen molar-refractivity contribution in [3.63, 3.8) is 0 Å². The van der Waals surface area contributed by atoms with Gasteiger partial charge in [-0.25, -0.2) is 0 Å². The zero-order chi connectivity index (χ0) is 13.1. The van der Waals surface area contributed by atoms with Crippen molar-refractivity contribution in [2.75, 3.05) is 13.1 Å². The highest BCUT2D eigenvalue weighted by Gasteiger charge is 2.03. The van der Waals surface area contributed by atoms with Crippen LogP contribution in [0.25, 0.3) is 0 Å². The lowest BCUT2D eigenvalue weighted by atomic mass is 9.98. The molecule has 0 aliphatic rings. The number of hydrogen-bond donors (Lipinski definition) is 1. The van der Waals surface area contributed by atoms with E-state index in [9.17, 15) is 0 Å². The lowest BCUT2D eigenvalue weighted by Gasteiger charge is -2.12. The summed E-state index contributed by atoms with van der Waals surface area (Å²) < 4.78 is 0. The van der Waals surface area contributed by atoms with E-state index in [2.05, 4.69) is 49.2 Å². The van der Waals surface area contributed by atoms with E-state index in [1.54, 1.807) is 0 Å². The molecule has 1 nitrogen and oxygen atoms in total. The summed E-state index contributed by atoms with van der Waals surface area (Å²) in [4.78, 5) is 0. The Balaban J connectivity index is 1.99. The van der Waals surface area contributed by atoms with E-state index in [-0.39, 0.29) is 0 Å². The third kappa shape index (κ3) is 6.61. The average Bonchev–Trinajstić information content (AvgIpc) is 2.42. The number of unbranched alkanes of at least 4 members (excludes halogenated alkanes) is 3. The summed E-state index contributed by atoms with van der Waals surface area (Å²) in [6.07, 6.45) is 8.27. The Hall–Kier alpha value is -1.08. The van der Waals surface area contributed by atoms with Gasteiger partial charge in [0.25, 0.3) is 0 Å². The molecule has 1 N–H and O–H groups in total. The van der Waals surface area contributed by atoms with Crippen LogP contribution in [0, 0.1) is 0 Å². The molecule has 0 fully saturated rings. The summed E-state index contributed by atoms with van der Waals surface area (Å²) in [7, 11) is 0. The minimum atomic E-state index is 0.652. The quantitative estimate of drug-likeness (QED) is 0.472. The molecule has 1 aromatic rings. The van der Waals surface area contributed by atoms with Crippen molar-refractivity contribution in [2.24, 2.45) is 0 Å². The highest BCUT2D eigenvalue weighted by molar-refractivity contribution is 5.18. The molecule has 1 heteroatoms. The predicted octanol–water partition coefficient (Wildman–Crippen LogP) is 4.52. The molecule has 18 heavy (non-hydrogen) atoms. The number of nitrogens with one attached hydrogen (secondary N) is 1. The van der Waals surface area contributed by atoms with Gasteiger partial charge in [0.1, 0.15) is 0 Å². The number of allylic oxidation sites excluding steroid dienone is 1. The lowest BCUT2D eigenvalue weighted by molar-refractivity contribution is 0.564. The van der Waals surface area contributed by atoms with Gasteiger partial charge < -0.3 is 5.32 Å². The molecule has 1 aromatic carbocycles. The van der Waals surface area contributed by atoms with Crippen LogP contribution < -0.4 is 5.32 Å². The van der Waals surface area contributed by atoms with E-state index in [4.69, 9.17) is 0 Å². The Bertz CT molecular complexity index is 305. The topological polar surface area (TPSA) is 12.0 Å². The standard InChI is InChI=1S/C17H27N/c1-3-4-5-6-10-14-18-15-13-16(2)17-11-8-7-9-12-17/h3,7-9,11-12,16,18H,1,4-6,10,13-15H2,2H3. The maximum atomic E-state index is 3.74. The number of rotatable bonds is 10. The number of benzene rings is 1. The van der Waals surface area contributed by atoms with E-state index < -0.39 is 0 Å². The van der Waals surface area contributed by atoms with Crippen LogP contribution in [0.4, 0.5) is 0 Å². The van der Waals surface area contributed by atoms with Crippen molar-refractivity contribution in [1.82, 2.24) is 5.32 Å². The van der Waals surface area contributed by atoms with E-state index in [0.717, 1.165) is 19.5 Å². The lowest BCUT2D eigenvalue weighted by Crippen LogP contribution is -2.18. The fourth-order valence-corrected chi connectivity index (χ4v) is 2.11. The van der Waals surface area contributed by atoms with Gasteiger partial charge in [-0.2, -0.15) is 0 Å². The highest BCUT2D eigenvalue weighted by atomic mass is 14.8. The van der Waals surface area contributed by atoms with Gasteiger partial charge in [-0.3, -0.25) is 0 Å². The second-order valence-electron chi connectivity index (χ2n) is 4.99. The second-order valence-corrected chi connectivity index (χ2v) is 4.99. The monoisotopic (exact) mass is 245 g/mol. The summed E-state index contributed by atoms with van der Waals surface area (Å²) in [5, 5.41) is 3.54. The summed E-state index contributed by atoms with van der Waals surface area (Å²) in [5.74, 6) is 0.652. The van der Waals surface area contributed by atoms with Crippen molar-refractivity contribution in [1.29, 1.82) is 0 Å². The van der Waals surface area contributed by atoms with Gasteiger partial charge in [0.2, 0.25) is 0 Å². The molecule has 0 radical (unpaired) electrons. The van der Waals surface area contributed by atoms with Crippen LogP contribution >= 0.6 is 0 Å². The van der Waals surface area contributed by atoms with Crippen LogP contribution in [-0.4, -0.2) is 13.1 Å². The van der Waals surface area contributed by atoms with Crippen molar-refractivity contribution >= 4 is 0 Å². The molecule has 100 valence electrons. The minimum Gasteiger partial charge on any atom is -0.317 e. The van der Waals surface area contributed by atoms with Crippen LogP contribution in [0.1, 0.15) is 50.5 Å². The number of hydrogen-bond acceptors (Lipinski definition) is 1. The van der Waals surface area contributed by atoms with Crippen molar-refractivity contribution in [2.45, 2.75) is 44.9 Å². The van der Waals surface area contributed by atoms with Gasteiger partial charge in [0.05, 0.1) is 0 Å². The molecule has 0 saturated carbocycles. The summed E-state index contributed by atoms with van der Waals surface area (Å²) in [6, 6.07) is 10.8. The Morgan fingerprint density at radius 3 is 2.61 bits per heavy atom. The molecule has 0 bridgehead atoms. The van der Waals surface area contributed by atoms with Crippen LogP contribution in [0.15, 0.2) is 43.0 Å². The molecule has 0 heterocycles. The van der Waals surface area contributed by atoms with Crippen molar-refractivity contribution < 1.29 is 0 Å². The molecule has 1 rings (SSSR count). The minimum absolute atomic E-state index is 0.652. The zero-order valence-corrected chi connectivity index (χ0v) is 11.7. The SMILES string of the molecule is C=CCCCCCNCCC(C)c1ccccc1. The molecule has 0 saturated heterocycles. The normalized spacial score (nSPS) is 12.3.